The van der Waals surface area contributed by atoms with Gasteiger partial charge in [0.1, 0.15) is 0 Å². The molecule has 4 nitrogen and oxygen atoms in total. The van der Waals surface area contributed by atoms with Crippen LogP contribution in [0.1, 0.15) is 16.7 Å². The van der Waals surface area contributed by atoms with Crippen LogP contribution in [-0.4, -0.2) is 17.1 Å². The fraction of sp³-hybridized carbons (Fsp3) is 0.235. The van der Waals surface area contributed by atoms with E-state index in [0.717, 1.165) is 17.8 Å². The molecule has 2 aromatic carbocycles. The molecule has 3 rings (SSSR count). The number of hydrogen-bond acceptors (Lipinski definition) is 3. The van der Waals surface area contributed by atoms with Gasteiger partial charge in [-0.3, -0.25) is 4.79 Å². The fourth-order valence-electron chi connectivity index (χ4n) is 2.56. The fourth-order valence-corrected chi connectivity index (χ4v) is 2.56. The Morgan fingerprint density at radius 1 is 1.14 bits per heavy atom. The Labute approximate surface area is 123 Å². The summed E-state index contributed by atoms with van der Waals surface area (Å²) in [6.07, 6.45) is 0.705. The first-order chi connectivity index (χ1) is 10.3. The zero-order valence-corrected chi connectivity index (χ0v) is 11.7. The van der Waals surface area contributed by atoms with Gasteiger partial charge >= 0.3 is 0 Å². The van der Waals surface area contributed by atoms with E-state index in [0.29, 0.717) is 6.42 Å². The summed E-state index contributed by atoms with van der Waals surface area (Å²) in [5, 5.41) is 15.2. The molecule has 0 fully saturated rings. The summed E-state index contributed by atoms with van der Waals surface area (Å²) in [7, 11) is 0. The van der Waals surface area contributed by atoms with Gasteiger partial charge in [-0.2, -0.15) is 0 Å². The zero-order chi connectivity index (χ0) is 14.7. The second-order valence-electron chi connectivity index (χ2n) is 5.25. The van der Waals surface area contributed by atoms with Crippen molar-refractivity contribution in [2.45, 2.75) is 25.6 Å². The summed E-state index contributed by atoms with van der Waals surface area (Å²) in [6.45, 7) is 0.729. The number of aliphatic hydroxyl groups is 1. The molecular formula is C17H18N2O2. The van der Waals surface area contributed by atoms with E-state index in [1.807, 2.05) is 12.1 Å². The molecule has 0 bridgehead atoms. The molecule has 0 spiro atoms. The van der Waals surface area contributed by atoms with Crippen LogP contribution >= 0.6 is 0 Å². The van der Waals surface area contributed by atoms with Crippen LogP contribution in [0.4, 0.5) is 5.69 Å². The van der Waals surface area contributed by atoms with Crippen molar-refractivity contribution in [1.29, 1.82) is 0 Å². The van der Waals surface area contributed by atoms with Crippen molar-refractivity contribution in [2.24, 2.45) is 0 Å². The van der Waals surface area contributed by atoms with Crippen LogP contribution in [0.15, 0.2) is 48.5 Å². The highest BCUT2D eigenvalue weighted by molar-refractivity contribution is 5.95. The van der Waals surface area contributed by atoms with E-state index in [4.69, 9.17) is 5.11 Å². The number of fused-ring (bicyclic) bond motifs is 1. The van der Waals surface area contributed by atoms with E-state index < -0.39 is 0 Å². The monoisotopic (exact) mass is 282 g/mol. The van der Waals surface area contributed by atoms with Crippen LogP contribution in [0.2, 0.25) is 0 Å². The molecule has 1 atom stereocenters. The number of aliphatic hydroxyl groups excluding tert-OH is 1. The topological polar surface area (TPSA) is 61.4 Å². The summed E-state index contributed by atoms with van der Waals surface area (Å²) in [6, 6.07) is 15.2. The van der Waals surface area contributed by atoms with Crippen LogP contribution in [0.3, 0.4) is 0 Å². The summed E-state index contributed by atoms with van der Waals surface area (Å²) >= 11 is 0. The van der Waals surface area contributed by atoms with Crippen molar-refractivity contribution in [3.05, 3.63) is 65.2 Å². The molecular weight excluding hydrogens is 264 g/mol. The van der Waals surface area contributed by atoms with Crippen molar-refractivity contribution in [2.75, 3.05) is 5.32 Å². The molecule has 0 aromatic heterocycles. The average Bonchev–Trinajstić information content (AvgIpc) is 2.55. The molecule has 0 radical (unpaired) electrons. The van der Waals surface area contributed by atoms with Gasteiger partial charge in [0.25, 0.3) is 0 Å². The van der Waals surface area contributed by atoms with Gasteiger partial charge in [-0.05, 0) is 35.2 Å². The predicted octanol–water partition coefficient (Wildman–Crippen LogP) is 1.83. The molecule has 0 saturated carbocycles. The SMILES string of the molecule is O=C(Nc1ccc(CO)cc1)[C@H]1Cc2ccccc2CN1. The molecule has 1 aliphatic rings. The van der Waals surface area contributed by atoms with E-state index in [1.165, 1.54) is 11.1 Å². The zero-order valence-electron chi connectivity index (χ0n) is 11.7. The third-order valence-corrected chi connectivity index (χ3v) is 3.80. The number of amides is 1. The highest BCUT2D eigenvalue weighted by Crippen LogP contribution is 2.17. The largest absolute Gasteiger partial charge is 0.392 e. The van der Waals surface area contributed by atoms with Crippen molar-refractivity contribution >= 4 is 11.6 Å². The number of anilines is 1. The van der Waals surface area contributed by atoms with E-state index in [-0.39, 0.29) is 18.6 Å². The van der Waals surface area contributed by atoms with Crippen molar-refractivity contribution in [1.82, 2.24) is 5.32 Å². The normalized spacial score (nSPS) is 17.1. The lowest BCUT2D eigenvalue weighted by Gasteiger charge is -2.25. The second kappa shape index (κ2) is 6.08. The van der Waals surface area contributed by atoms with Gasteiger partial charge in [0.15, 0.2) is 0 Å². The lowest BCUT2D eigenvalue weighted by Crippen LogP contribution is -2.44. The number of nitrogens with one attached hydrogen (secondary N) is 2. The van der Waals surface area contributed by atoms with E-state index in [9.17, 15) is 4.79 Å². The third-order valence-electron chi connectivity index (χ3n) is 3.80. The first kappa shape index (κ1) is 13.8. The van der Waals surface area contributed by atoms with Crippen molar-refractivity contribution < 1.29 is 9.90 Å². The Kier molecular flexibility index (Phi) is 3.99. The minimum absolute atomic E-state index is 0.00912. The average molecular weight is 282 g/mol. The van der Waals surface area contributed by atoms with Crippen molar-refractivity contribution in [3.8, 4) is 0 Å². The Bertz CT molecular complexity index is 637. The third kappa shape index (κ3) is 3.12. The number of carbonyl (C=O) groups excluding carboxylic acids is 1. The smallest absolute Gasteiger partial charge is 0.241 e. The molecule has 21 heavy (non-hydrogen) atoms. The Morgan fingerprint density at radius 3 is 2.57 bits per heavy atom. The van der Waals surface area contributed by atoms with Crippen LogP contribution in [0, 0.1) is 0 Å². The maximum absolute atomic E-state index is 12.3. The molecule has 1 amide bonds. The van der Waals surface area contributed by atoms with E-state index in [2.05, 4.69) is 22.8 Å². The Balaban J connectivity index is 1.66. The number of benzene rings is 2. The maximum Gasteiger partial charge on any atom is 0.241 e. The highest BCUT2D eigenvalue weighted by atomic mass is 16.3. The molecule has 1 aliphatic heterocycles. The van der Waals surface area contributed by atoms with Crippen LogP contribution in [0.25, 0.3) is 0 Å². The minimum Gasteiger partial charge on any atom is -0.392 e. The van der Waals surface area contributed by atoms with Gasteiger partial charge in [-0.1, -0.05) is 36.4 Å². The molecule has 4 heteroatoms. The van der Waals surface area contributed by atoms with Gasteiger partial charge in [-0.15, -0.1) is 0 Å². The lowest BCUT2D eigenvalue weighted by atomic mass is 9.95. The first-order valence-electron chi connectivity index (χ1n) is 7.07. The Hall–Kier alpha value is -2.17. The summed E-state index contributed by atoms with van der Waals surface area (Å²) in [5.74, 6) is -0.0266. The molecule has 2 aromatic rings. The predicted molar refractivity (Wildman–Crippen MR) is 81.8 cm³/mol. The van der Waals surface area contributed by atoms with Gasteiger partial charge < -0.3 is 15.7 Å². The van der Waals surface area contributed by atoms with Crippen LogP contribution in [-0.2, 0) is 24.4 Å². The summed E-state index contributed by atoms with van der Waals surface area (Å²) < 4.78 is 0. The second-order valence-corrected chi connectivity index (χ2v) is 5.25. The minimum atomic E-state index is -0.211. The van der Waals surface area contributed by atoms with Gasteiger partial charge in [0.2, 0.25) is 5.91 Å². The summed E-state index contributed by atoms with van der Waals surface area (Å²) in [5.41, 5.74) is 4.07. The molecule has 3 N–H and O–H groups in total. The maximum atomic E-state index is 12.3. The molecule has 0 saturated heterocycles. The lowest BCUT2D eigenvalue weighted by molar-refractivity contribution is -0.118. The molecule has 0 unspecified atom stereocenters. The molecule has 0 aliphatic carbocycles. The van der Waals surface area contributed by atoms with Gasteiger partial charge in [-0.25, -0.2) is 0 Å². The Morgan fingerprint density at radius 2 is 1.86 bits per heavy atom. The summed E-state index contributed by atoms with van der Waals surface area (Å²) in [4.78, 5) is 12.3. The molecule has 1 heterocycles. The van der Waals surface area contributed by atoms with E-state index >= 15 is 0 Å². The van der Waals surface area contributed by atoms with Crippen LogP contribution in [0.5, 0.6) is 0 Å². The standard InChI is InChI=1S/C17H18N2O2/c20-11-12-5-7-15(8-6-12)19-17(21)16-9-13-3-1-2-4-14(13)10-18-16/h1-8,16,18,20H,9-11H2,(H,19,21)/t16-/m1/s1. The first-order valence-corrected chi connectivity index (χ1v) is 7.07. The highest BCUT2D eigenvalue weighted by Gasteiger charge is 2.23. The van der Waals surface area contributed by atoms with Gasteiger partial charge in [0, 0.05) is 12.2 Å². The quantitative estimate of drug-likeness (QED) is 0.805. The van der Waals surface area contributed by atoms with E-state index in [1.54, 1.807) is 24.3 Å². The molecule has 108 valence electrons. The number of rotatable bonds is 3. The van der Waals surface area contributed by atoms with Crippen molar-refractivity contribution in [3.63, 3.8) is 0 Å². The van der Waals surface area contributed by atoms with Crippen LogP contribution < -0.4 is 10.6 Å². The number of carbonyl (C=O) groups is 1. The number of hydrogen-bond donors (Lipinski definition) is 3. The van der Waals surface area contributed by atoms with Gasteiger partial charge in [0.05, 0.1) is 12.6 Å².